The van der Waals surface area contributed by atoms with E-state index in [0.29, 0.717) is 12.3 Å². The lowest BCUT2D eigenvalue weighted by molar-refractivity contribution is -0.193. The Labute approximate surface area is 110 Å². The Morgan fingerprint density at radius 1 is 1.50 bits per heavy atom. The van der Waals surface area contributed by atoms with Gasteiger partial charge in [-0.3, -0.25) is 4.79 Å². The molecule has 1 aliphatic heterocycles. The molecule has 0 spiro atoms. The van der Waals surface area contributed by atoms with Crippen LogP contribution in [0.4, 0.5) is 0 Å². The highest BCUT2D eigenvalue weighted by atomic mass is 16.7. The van der Waals surface area contributed by atoms with E-state index in [1.807, 2.05) is 0 Å². The van der Waals surface area contributed by atoms with E-state index in [1.165, 1.54) is 12.8 Å². The Bertz CT molecular complexity index is 239. The minimum Gasteiger partial charge on any atom is -0.367 e. The molecule has 18 heavy (non-hydrogen) atoms. The zero-order chi connectivity index (χ0) is 13.4. The summed E-state index contributed by atoms with van der Waals surface area (Å²) in [5.41, 5.74) is 5.41. The fourth-order valence-electron chi connectivity index (χ4n) is 2.28. The van der Waals surface area contributed by atoms with Crippen LogP contribution in [0.1, 0.15) is 58.8 Å². The number of amides is 1. The average molecular weight is 257 g/mol. The molecule has 3 atom stereocenters. The summed E-state index contributed by atoms with van der Waals surface area (Å²) < 4.78 is 11.2. The van der Waals surface area contributed by atoms with E-state index in [2.05, 4.69) is 13.8 Å². The van der Waals surface area contributed by atoms with Crippen molar-refractivity contribution in [3.63, 3.8) is 0 Å². The SMILES string of the molecule is CCCCC(C)CC(OC1CCCCO1)C(N)=O. The molecule has 1 heterocycles. The van der Waals surface area contributed by atoms with Crippen molar-refractivity contribution < 1.29 is 14.3 Å². The minimum atomic E-state index is -0.500. The van der Waals surface area contributed by atoms with Gasteiger partial charge in [0.25, 0.3) is 0 Å². The number of rotatable bonds is 8. The van der Waals surface area contributed by atoms with Gasteiger partial charge in [0, 0.05) is 6.61 Å². The van der Waals surface area contributed by atoms with E-state index in [4.69, 9.17) is 15.2 Å². The van der Waals surface area contributed by atoms with Gasteiger partial charge in [-0.1, -0.05) is 33.1 Å². The second-order valence-corrected chi connectivity index (χ2v) is 5.31. The molecule has 0 saturated carbocycles. The van der Waals surface area contributed by atoms with E-state index in [9.17, 15) is 4.79 Å². The van der Waals surface area contributed by atoms with E-state index < -0.39 is 6.10 Å². The molecule has 4 nitrogen and oxygen atoms in total. The topological polar surface area (TPSA) is 61.6 Å². The summed E-state index contributed by atoms with van der Waals surface area (Å²) in [6.07, 6.45) is 6.49. The first-order chi connectivity index (χ1) is 8.63. The molecule has 4 heteroatoms. The average Bonchev–Trinajstić information content (AvgIpc) is 2.36. The highest BCUT2D eigenvalue weighted by Gasteiger charge is 2.25. The fraction of sp³-hybridized carbons (Fsp3) is 0.929. The lowest BCUT2D eigenvalue weighted by atomic mass is 9.97. The van der Waals surface area contributed by atoms with Crippen LogP contribution in [0.3, 0.4) is 0 Å². The highest BCUT2D eigenvalue weighted by molar-refractivity contribution is 5.78. The van der Waals surface area contributed by atoms with Crippen LogP contribution in [0.2, 0.25) is 0 Å². The van der Waals surface area contributed by atoms with Crippen LogP contribution < -0.4 is 5.73 Å². The van der Waals surface area contributed by atoms with E-state index in [0.717, 1.165) is 32.3 Å². The second-order valence-electron chi connectivity index (χ2n) is 5.31. The van der Waals surface area contributed by atoms with Crippen molar-refractivity contribution in [3.05, 3.63) is 0 Å². The Balaban J connectivity index is 2.36. The molecule has 0 aliphatic carbocycles. The Morgan fingerprint density at radius 2 is 2.28 bits per heavy atom. The molecule has 1 aliphatic rings. The molecular weight excluding hydrogens is 230 g/mol. The van der Waals surface area contributed by atoms with Crippen LogP contribution in [-0.4, -0.2) is 24.9 Å². The molecule has 0 aromatic carbocycles. The van der Waals surface area contributed by atoms with Gasteiger partial charge in [0.2, 0.25) is 5.91 Å². The maximum absolute atomic E-state index is 11.4. The number of carbonyl (C=O) groups is 1. The van der Waals surface area contributed by atoms with Gasteiger partial charge in [-0.25, -0.2) is 0 Å². The number of hydrogen-bond acceptors (Lipinski definition) is 3. The Morgan fingerprint density at radius 3 is 2.83 bits per heavy atom. The zero-order valence-electron chi connectivity index (χ0n) is 11.7. The van der Waals surface area contributed by atoms with E-state index in [1.54, 1.807) is 0 Å². The van der Waals surface area contributed by atoms with Crippen LogP contribution >= 0.6 is 0 Å². The maximum atomic E-state index is 11.4. The van der Waals surface area contributed by atoms with Crippen LogP contribution in [0.5, 0.6) is 0 Å². The predicted octanol–water partition coefficient (Wildman–Crippen LogP) is 2.60. The van der Waals surface area contributed by atoms with Crippen molar-refractivity contribution in [1.82, 2.24) is 0 Å². The number of primary amides is 1. The first-order valence-corrected chi connectivity index (χ1v) is 7.19. The molecule has 1 saturated heterocycles. The van der Waals surface area contributed by atoms with E-state index in [-0.39, 0.29) is 12.2 Å². The Kier molecular flexibility index (Phi) is 7.28. The third-order valence-electron chi connectivity index (χ3n) is 3.44. The summed E-state index contributed by atoms with van der Waals surface area (Å²) >= 11 is 0. The van der Waals surface area contributed by atoms with Gasteiger partial charge in [-0.05, 0) is 31.6 Å². The van der Waals surface area contributed by atoms with Crippen molar-refractivity contribution >= 4 is 5.91 Å². The standard InChI is InChI=1S/C14H27NO3/c1-3-4-7-11(2)10-12(14(15)16)18-13-8-5-6-9-17-13/h11-13H,3-10H2,1-2H3,(H2,15,16). The zero-order valence-corrected chi connectivity index (χ0v) is 11.7. The lowest BCUT2D eigenvalue weighted by Crippen LogP contribution is -2.37. The van der Waals surface area contributed by atoms with Crippen molar-refractivity contribution in [2.75, 3.05) is 6.61 Å². The number of ether oxygens (including phenoxy) is 2. The minimum absolute atomic E-state index is 0.241. The van der Waals surface area contributed by atoms with Crippen molar-refractivity contribution in [2.45, 2.75) is 71.2 Å². The number of carbonyl (C=O) groups excluding carboxylic acids is 1. The third-order valence-corrected chi connectivity index (χ3v) is 3.44. The van der Waals surface area contributed by atoms with Crippen LogP contribution in [0.15, 0.2) is 0 Å². The van der Waals surface area contributed by atoms with Crippen molar-refractivity contribution in [3.8, 4) is 0 Å². The predicted molar refractivity (Wildman–Crippen MR) is 71.0 cm³/mol. The van der Waals surface area contributed by atoms with Crippen LogP contribution in [-0.2, 0) is 14.3 Å². The lowest BCUT2D eigenvalue weighted by Gasteiger charge is -2.27. The van der Waals surface area contributed by atoms with Crippen LogP contribution in [0, 0.1) is 5.92 Å². The summed E-state index contributed by atoms with van der Waals surface area (Å²) in [5, 5.41) is 0. The summed E-state index contributed by atoms with van der Waals surface area (Å²) in [6.45, 7) is 5.04. The summed E-state index contributed by atoms with van der Waals surface area (Å²) in [6, 6.07) is 0. The molecule has 0 radical (unpaired) electrons. The highest BCUT2D eigenvalue weighted by Crippen LogP contribution is 2.20. The molecule has 3 unspecified atom stereocenters. The molecule has 2 N–H and O–H groups in total. The van der Waals surface area contributed by atoms with Gasteiger partial charge >= 0.3 is 0 Å². The largest absolute Gasteiger partial charge is 0.367 e. The van der Waals surface area contributed by atoms with Gasteiger partial charge in [-0.2, -0.15) is 0 Å². The van der Waals surface area contributed by atoms with Gasteiger partial charge < -0.3 is 15.2 Å². The first kappa shape index (κ1) is 15.4. The van der Waals surface area contributed by atoms with E-state index >= 15 is 0 Å². The molecule has 106 valence electrons. The maximum Gasteiger partial charge on any atom is 0.246 e. The molecule has 0 bridgehead atoms. The first-order valence-electron chi connectivity index (χ1n) is 7.19. The van der Waals surface area contributed by atoms with Gasteiger partial charge in [-0.15, -0.1) is 0 Å². The Hall–Kier alpha value is -0.610. The summed E-state index contributed by atoms with van der Waals surface area (Å²) in [5.74, 6) is 0.0959. The molecule has 0 aromatic rings. The van der Waals surface area contributed by atoms with Gasteiger partial charge in [0.1, 0.15) is 6.10 Å². The normalized spacial score (nSPS) is 23.6. The van der Waals surface area contributed by atoms with Crippen molar-refractivity contribution in [2.24, 2.45) is 11.7 Å². The monoisotopic (exact) mass is 257 g/mol. The summed E-state index contributed by atoms with van der Waals surface area (Å²) in [4.78, 5) is 11.4. The molecular formula is C14H27NO3. The van der Waals surface area contributed by atoms with Gasteiger partial charge in [0.15, 0.2) is 6.29 Å². The summed E-state index contributed by atoms with van der Waals surface area (Å²) in [7, 11) is 0. The molecule has 1 rings (SSSR count). The van der Waals surface area contributed by atoms with Gasteiger partial charge in [0.05, 0.1) is 0 Å². The quantitative estimate of drug-likeness (QED) is 0.727. The number of hydrogen-bond donors (Lipinski definition) is 1. The third kappa shape index (κ3) is 5.83. The molecule has 1 amide bonds. The smallest absolute Gasteiger partial charge is 0.246 e. The molecule has 0 aromatic heterocycles. The fourth-order valence-corrected chi connectivity index (χ4v) is 2.28. The number of nitrogens with two attached hydrogens (primary N) is 1. The second kappa shape index (κ2) is 8.48. The van der Waals surface area contributed by atoms with Crippen LogP contribution in [0.25, 0.3) is 0 Å². The molecule has 1 fully saturated rings. The number of unbranched alkanes of at least 4 members (excludes halogenated alkanes) is 1. The van der Waals surface area contributed by atoms with Crippen molar-refractivity contribution in [1.29, 1.82) is 0 Å².